The van der Waals surface area contributed by atoms with Gasteiger partial charge in [-0.25, -0.2) is 0 Å². The molecule has 1 amide bonds. The summed E-state index contributed by atoms with van der Waals surface area (Å²) in [6.07, 6.45) is 4.18. The van der Waals surface area contributed by atoms with Gasteiger partial charge in [0.2, 0.25) is 0 Å². The fraction of sp³-hybridized carbons (Fsp3) is 0.562. The van der Waals surface area contributed by atoms with E-state index in [0.717, 1.165) is 23.7 Å². The van der Waals surface area contributed by atoms with Crippen molar-refractivity contribution in [1.29, 1.82) is 0 Å². The predicted octanol–water partition coefficient (Wildman–Crippen LogP) is 4.38. The minimum absolute atomic E-state index is 0.101. The molecule has 0 spiro atoms. The van der Waals surface area contributed by atoms with Gasteiger partial charge in [-0.1, -0.05) is 19.8 Å². The van der Waals surface area contributed by atoms with Crippen LogP contribution in [0.3, 0.4) is 0 Å². The first-order valence-corrected chi connectivity index (χ1v) is 8.54. The van der Waals surface area contributed by atoms with Crippen LogP contribution in [0.25, 0.3) is 0 Å². The number of methoxy groups -OCH3 is 1. The Hall–Kier alpha value is -0.740. The van der Waals surface area contributed by atoms with Crippen LogP contribution >= 0.6 is 27.5 Å². The van der Waals surface area contributed by atoms with Crippen LogP contribution in [0, 0.1) is 5.92 Å². The maximum absolute atomic E-state index is 12.6. The Balaban J connectivity index is 2.20. The monoisotopic (exact) mass is 373 g/mol. The quantitative estimate of drug-likeness (QED) is 0.794. The number of carbonyl (C=O) groups excluding carboxylic acids is 1. The SMILES string of the molecule is COc1ccc(Br)c(C(=O)NC2(CCl)CCCC(C)C2)c1. The van der Waals surface area contributed by atoms with Crippen molar-refractivity contribution in [3.8, 4) is 5.75 Å². The van der Waals surface area contributed by atoms with Crippen molar-refractivity contribution in [3.63, 3.8) is 0 Å². The van der Waals surface area contributed by atoms with Gasteiger partial charge in [-0.15, -0.1) is 11.6 Å². The molecule has 0 radical (unpaired) electrons. The molecule has 0 bridgehead atoms. The molecule has 0 saturated heterocycles. The molecule has 1 aromatic rings. The van der Waals surface area contributed by atoms with Gasteiger partial charge in [0.15, 0.2) is 0 Å². The molecule has 0 heterocycles. The van der Waals surface area contributed by atoms with Crippen molar-refractivity contribution in [1.82, 2.24) is 5.32 Å². The minimum Gasteiger partial charge on any atom is -0.497 e. The molecule has 0 aliphatic heterocycles. The Morgan fingerprint density at radius 1 is 1.57 bits per heavy atom. The summed E-state index contributed by atoms with van der Waals surface area (Å²) in [5, 5.41) is 3.16. The van der Waals surface area contributed by atoms with Crippen LogP contribution in [0.4, 0.5) is 0 Å². The van der Waals surface area contributed by atoms with Crippen LogP contribution in [0.1, 0.15) is 43.0 Å². The summed E-state index contributed by atoms with van der Waals surface area (Å²) in [6, 6.07) is 5.39. The van der Waals surface area contributed by atoms with Crippen molar-refractivity contribution in [2.45, 2.75) is 38.1 Å². The van der Waals surface area contributed by atoms with Gasteiger partial charge in [-0.3, -0.25) is 4.79 Å². The molecule has 5 heteroatoms. The van der Waals surface area contributed by atoms with E-state index < -0.39 is 0 Å². The molecule has 1 aromatic carbocycles. The maximum atomic E-state index is 12.6. The Morgan fingerprint density at radius 3 is 2.95 bits per heavy atom. The van der Waals surface area contributed by atoms with Gasteiger partial charge in [0, 0.05) is 10.4 Å². The number of ether oxygens (including phenoxy) is 1. The molecule has 1 fully saturated rings. The maximum Gasteiger partial charge on any atom is 0.253 e. The second-order valence-corrected chi connectivity index (χ2v) is 7.04. The van der Waals surface area contributed by atoms with Gasteiger partial charge >= 0.3 is 0 Å². The van der Waals surface area contributed by atoms with Crippen molar-refractivity contribution in [2.24, 2.45) is 5.92 Å². The fourth-order valence-corrected chi connectivity index (χ4v) is 3.78. The van der Waals surface area contributed by atoms with E-state index in [1.165, 1.54) is 6.42 Å². The summed E-state index contributed by atoms with van der Waals surface area (Å²) in [6.45, 7) is 2.22. The number of nitrogens with one attached hydrogen (secondary N) is 1. The van der Waals surface area contributed by atoms with Crippen LogP contribution in [-0.2, 0) is 0 Å². The lowest BCUT2D eigenvalue weighted by molar-refractivity contribution is 0.0866. The fourth-order valence-electron chi connectivity index (χ4n) is 3.04. The molecule has 2 unspecified atom stereocenters. The highest BCUT2D eigenvalue weighted by Gasteiger charge is 2.36. The van der Waals surface area contributed by atoms with E-state index in [1.54, 1.807) is 13.2 Å². The number of benzene rings is 1. The van der Waals surface area contributed by atoms with Crippen LogP contribution in [-0.4, -0.2) is 24.4 Å². The third kappa shape index (κ3) is 3.92. The van der Waals surface area contributed by atoms with Gasteiger partial charge in [0.1, 0.15) is 5.75 Å². The lowest BCUT2D eigenvalue weighted by Gasteiger charge is -2.39. The van der Waals surface area contributed by atoms with Crippen molar-refractivity contribution in [2.75, 3.05) is 13.0 Å². The van der Waals surface area contributed by atoms with Gasteiger partial charge < -0.3 is 10.1 Å². The van der Waals surface area contributed by atoms with Crippen molar-refractivity contribution in [3.05, 3.63) is 28.2 Å². The van der Waals surface area contributed by atoms with Crippen molar-refractivity contribution >= 4 is 33.4 Å². The lowest BCUT2D eigenvalue weighted by Crippen LogP contribution is -2.52. The third-order valence-electron chi connectivity index (χ3n) is 4.14. The largest absolute Gasteiger partial charge is 0.497 e. The number of carbonyl (C=O) groups is 1. The van der Waals surface area contributed by atoms with Gasteiger partial charge in [-0.2, -0.15) is 0 Å². The molecule has 2 atom stereocenters. The summed E-state index contributed by atoms with van der Waals surface area (Å²) in [5.74, 6) is 1.60. The third-order valence-corrected chi connectivity index (χ3v) is 5.35. The molecule has 2 rings (SSSR count). The highest BCUT2D eigenvalue weighted by molar-refractivity contribution is 9.10. The molecular formula is C16H21BrClNO2. The smallest absolute Gasteiger partial charge is 0.253 e. The molecule has 0 aromatic heterocycles. The van der Waals surface area contributed by atoms with E-state index in [4.69, 9.17) is 16.3 Å². The average Bonchev–Trinajstić information content (AvgIpc) is 2.47. The number of amides is 1. The molecule has 116 valence electrons. The molecule has 3 nitrogen and oxygen atoms in total. The zero-order chi connectivity index (χ0) is 15.5. The van der Waals surface area contributed by atoms with E-state index in [9.17, 15) is 4.79 Å². The van der Waals surface area contributed by atoms with Gasteiger partial charge in [0.05, 0.1) is 18.2 Å². The van der Waals surface area contributed by atoms with Crippen LogP contribution in [0.5, 0.6) is 5.75 Å². The number of hydrogen-bond acceptors (Lipinski definition) is 2. The standard InChI is InChI=1S/C16H21BrClNO2/c1-11-4-3-7-16(9-11,10-18)19-15(20)13-8-12(21-2)5-6-14(13)17/h5-6,8,11H,3-4,7,9-10H2,1-2H3,(H,19,20). The van der Waals surface area contributed by atoms with Crippen LogP contribution in [0.15, 0.2) is 22.7 Å². The molecular weight excluding hydrogens is 354 g/mol. The second-order valence-electron chi connectivity index (χ2n) is 5.92. The first-order valence-electron chi connectivity index (χ1n) is 7.22. The van der Waals surface area contributed by atoms with Crippen LogP contribution < -0.4 is 10.1 Å². The molecule has 21 heavy (non-hydrogen) atoms. The van der Waals surface area contributed by atoms with E-state index in [0.29, 0.717) is 23.1 Å². The average molecular weight is 375 g/mol. The minimum atomic E-state index is -0.293. The highest BCUT2D eigenvalue weighted by atomic mass is 79.9. The molecule has 1 saturated carbocycles. The van der Waals surface area contributed by atoms with Crippen molar-refractivity contribution < 1.29 is 9.53 Å². The van der Waals surface area contributed by atoms with Gasteiger partial charge in [0.25, 0.3) is 5.91 Å². The molecule has 1 aliphatic carbocycles. The number of alkyl halides is 1. The Morgan fingerprint density at radius 2 is 2.33 bits per heavy atom. The van der Waals surface area contributed by atoms with E-state index >= 15 is 0 Å². The Bertz CT molecular complexity index is 523. The number of hydrogen-bond donors (Lipinski definition) is 1. The zero-order valence-electron chi connectivity index (χ0n) is 12.4. The molecule has 1 N–H and O–H groups in total. The number of rotatable bonds is 4. The van der Waals surface area contributed by atoms with E-state index in [-0.39, 0.29) is 11.4 Å². The summed E-state index contributed by atoms with van der Waals surface area (Å²) in [4.78, 5) is 12.6. The lowest BCUT2D eigenvalue weighted by atomic mass is 9.77. The summed E-state index contributed by atoms with van der Waals surface area (Å²) >= 11 is 9.61. The number of halogens is 2. The van der Waals surface area contributed by atoms with E-state index in [1.807, 2.05) is 12.1 Å². The first-order chi connectivity index (χ1) is 9.99. The van der Waals surface area contributed by atoms with E-state index in [2.05, 4.69) is 28.2 Å². The highest BCUT2D eigenvalue weighted by Crippen LogP contribution is 2.34. The first kappa shape index (κ1) is 16.6. The van der Waals surface area contributed by atoms with Gasteiger partial charge in [-0.05, 0) is 52.9 Å². The Kier molecular flexibility index (Phi) is 5.55. The normalized spacial score (nSPS) is 25.4. The summed E-state index contributed by atoms with van der Waals surface area (Å²) in [5.41, 5.74) is 0.288. The van der Waals surface area contributed by atoms with Crippen LogP contribution in [0.2, 0.25) is 0 Å². The zero-order valence-corrected chi connectivity index (χ0v) is 14.8. The predicted molar refractivity (Wildman–Crippen MR) is 89.2 cm³/mol. The summed E-state index contributed by atoms with van der Waals surface area (Å²) in [7, 11) is 1.59. The second kappa shape index (κ2) is 7.01. The topological polar surface area (TPSA) is 38.3 Å². The summed E-state index contributed by atoms with van der Waals surface area (Å²) < 4.78 is 5.95. The Labute approximate surface area is 139 Å². The molecule has 1 aliphatic rings.